The summed E-state index contributed by atoms with van der Waals surface area (Å²) in [6.07, 6.45) is 24.2. The van der Waals surface area contributed by atoms with Gasteiger partial charge < -0.3 is 5.11 Å². The molecule has 0 spiro atoms. The summed E-state index contributed by atoms with van der Waals surface area (Å²) in [7, 11) is 0. The summed E-state index contributed by atoms with van der Waals surface area (Å²) in [6, 6.07) is 5.64. The Bertz CT molecular complexity index is 1120. The molecule has 0 fully saturated rings. The first-order valence-corrected chi connectivity index (χ1v) is 15.6. The molecular formula is C40H60O2. The molecule has 2 heteroatoms. The Hall–Kier alpha value is -3.39. The normalized spacial score (nSPS) is 13.5. The van der Waals surface area contributed by atoms with Crippen LogP contribution < -0.4 is 0 Å². The number of ketones is 1. The summed E-state index contributed by atoms with van der Waals surface area (Å²) in [6.45, 7) is 29.1. The molecule has 0 radical (unpaired) electrons. The van der Waals surface area contributed by atoms with Crippen LogP contribution in [0.5, 0.6) is 5.75 Å². The first-order chi connectivity index (χ1) is 20.0. The average molecular weight is 573 g/mol. The fourth-order valence-electron chi connectivity index (χ4n) is 4.53. The Kier molecular flexibility index (Phi) is 24.6. The van der Waals surface area contributed by atoms with Gasteiger partial charge in [0.15, 0.2) is 5.78 Å². The van der Waals surface area contributed by atoms with Gasteiger partial charge in [-0.2, -0.15) is 0 Å². The van der Waals surface area contributed by atoms with Gasteiger partial charge in [-0.25, -0.2) is 0 Å². The molecule has 0 aromatic heterocycles. The van der Waals surface area contributed by atoms with Crippen molar-refractivity contribution in [1.82, 2.24) is 0 Å². The molecule has 1 atom stereocenters. The number of benzene rings is 1. The molecule has 0 saturated heterocycles. The summed E-state index contributed by atoms with van der Waals surface area (Å²) in [4.78, 5) is 11.1. The molecule has 1 aliphatic carbocycles. The van der Waals surface area contributed by atoms with E-state index in [0.717, 1.165) is 48.8 Å². The van der Waals surface area contributed by atoms with Gasteiger partial charge in [-0.3, -0.25) is 4.79 Å². The zero-order valence-electron chi connectivity index (χ0n) is 28.4. The van der Waals surface area contributed by atoms with Gasteiger partial charge in [0.1, 0.15) is 5.75 Å². The van der Waals surface area contributed by atoms with Crippen molar-refractivity contribution in [1.29, 1.82) is 0 Å². The van der Waals surface area contributed by atoms with Crippen LogP contribution in [0.4, 0.5) is 0 Å². The Balaban J connectivity index is 0. The van der Waals surface area contributed by atoms with Gasteiger partial charge in [-0.05, 0) is 101 Å². The summed E-state index contributed by atoms with van der Waals surface area (Å²) in [5.74, 6) is 1.06. The van der Waals surface area contributed by atoms with Crippen LogP contribution in [-0.4, -0.2) is 10.9 Å². The molecule has 1 aliphatic rings. The third-order valence-corrected chi connectivity index (χ3v) is 6.74. The van der Waals surface area contributed by atoms with Crippen molar-refractivity contribution >= 4 is 11.4 Å². The lowest BCUT2D eigenvalue weighted by Crippen LogP contribution is -2.02. The number of carbonyl (C=O) groups is 1. The highest BCUT2D eigenvalue weighted by Gasteiger charge is 2.10. The molecule has 0 bridgehead atoms. The first kappa shape index (κ1) is 40.7. The van der Waals surface area contributed by atoms with Crippen molar-refractivity contribution in [2.45, 2.75) is 107 Å². The minimum atomic E-state index is 0.242. The number of allylic oxidation sites excluding steroid dienone is 13. The van der Waals surface area contributed by atoms with E-state index >= 15 is 0 Å². The zero-order valence-corrected chi connectivity index (χ0v) is 28.4. The maximum Gasteiger partial charge on any atom is 0.155 e. The molecule has 1 aromatic carbocycles. The molecule has 0 saturated carbocycles. The minimum absolute atomic E-state index is 0.242. The van der Waals surface area contributed by atoms with E-state index in [-0.39, 0.29) is 5.78 Å². The van der Waals surface area contributed by atoms with Gasteiger partial charge in [-0.15, -0.1) is 6.58 Å². The Morgan fingerprint density at radius 3 is 2.12 bits per heavy atom. The number of phenols is 1. The third kappa shape index (κ3) is 16.8. The topological polar surface area (TPSA) is 37.3 Å². The van der Waals surface area contributed by atoms with E-state index in [0.29, 0.717) is 11.7 Å². The highest BCUT2D eigenvalue weighted by molar-refractivity contribution is 5.93. The predicted octanol–water partition coefficient (Wildman–Crippen LogP) is 12.3. The SMILES string of the molecule is C=C(C)c1c(O)cccc1CCC.C=C/C=C(\C=C/C)C(C)C1=CCCC=C1.C=CC.CCC/C(C(C)=O)=C(/C)CC. The maximum atomic E-state index is 11.1. The largest absolute Gasteiger partial charge is 0.507 e. The summed E-state index contributed by atoms with van der Waals surface area (Å²) < 4.78 is 0. The number of hydrogen-bond donors (Lipinski definition) is 1. The van der Waals surface area contributed by atoms with E-state index < -0.39 is 0 Å². The smallest absolute Gasteiger partial charge is 0.155 e. The van der Waals surface area contributed by atoms with Crippen molar-refractivity contribution in [3.05, 3.63) is 120 Å². The second-order valence-electron chi connectivity index (χ2n) is 10.5. The number of hydrogen-bond acceptors (Lipinski definition) is 2. The minimum Gasteiger partial charge on any atom is -0.507 e. The molecule has 2 rings (SSSR count). The van der Waals surface area contributed by atoms with Crippen molar-refractivity contribution in [3.63, 3.8) is 0 Å². The fourth-order valence-corrected chi connectivity index (χ4v) is 4.53. The molecular weight excluding hydrogens is 512 g/mol. The molecule has 0 heterocycles. The summed E-state index contributed by atoms with van der Waals surface area (Å²) in [5.41, 5.74) is 8.08. The van der Waals surface area contributed by atoms with Crippen molar-refractivity contribution < 1.29 is 9.90 Å². The second kappa shape index (κ2) is 25.3. The predicted molar refractivity (Wildman–Crippen MR) is 190 cm³/mol. The van der Waals surface area contributed by atoms with Crippen LogP contribution in [0.15, 0.2) is 109 Å². The maximum absolute atomic E-state index is 11.1. The number of phenolic OH excluding ortho intramolecular Hbond substituents is 1. The number of aromatic hydroxyl groups is 1. The molecule has 1 unspecified atom stereocenters. The van der Waals surface area contributed by atoms with E-state index in [1.165, 1.54) is 35.1 Å². The number of rotatable bonds is 11. The lowest BCUT2D eigenvalue weighted by Gasteiger charge is -2.16. The van der Waals surface area contributed by atoms with Gasteiger partial charge in [0.25, 0.3) is 0 Å². The number of carbonyl (C=O) groups excluding carboxylic acids is 1. The summed E-state index contributed by atoms with van der Waals surface area (Å²) >= 11 is 0. The van der Waals surface area contributed by atoms with Gasteiger partial charge >= 0.3 is 0 Å². The second-order valence-corrected chi connectivity index (χ2v) is 10.5. The van der Waals surface area contributed by atoms with Gasteiger partial charge in [-0.1, -0.05) is 120 Å². The van der Waals surface area contributed by atoms with E-state index in [1.54, 1.807) is 19.1 Å². The van der Waals surface area contributed by atoms with Gasteiger partial charge in [0, 0.05) is 11.5 Å². The van der Waals surface area contributed by atoms with Crippen LogP contribution in [0, 0.1) is 5.92 Å². The Morgan fingerprint density at radius 2 is 1.69 bits per heavy atom. The van der Waals surface area contributed by atoms with Crippen LogP contribution in [-0.2, 0) is 11.2 Å². The average Bonchev–Trinajstić information content (AvgIpc) is 2.96. The first-order valence-electron chi connectivity index (χ1n) is 15.6. The highest BCUT2D eigenvalue weighted by atomic mass is 16.3. The van der Waals surface area contributed by atoms with Crippen LogP contribution in [0.3, 0.4) is 0 Å². The van der Waals surface area contributed by atoms with Crippen LogP contribution in [0.25, 0.3) is 5.57 Å². The molecule has 2 nitrogen and oxygen atoms in total. The molecule has 0 aliphatic heterocycles. The van der Waals surface area contributed by atoms with Crippen molar-refractivity contribution in [2.75, 3.05) is 0 Å². The monoisotopic (exact) mass is 572 g/mol. The van der Waals surface area contributed by atoms with Crippen molar-refractivity contribution in [2.24, 2.45) is 5.92 Å². The number of aryl methyl sites for hydroxylation is 1. The lowest BCUT2D eigenvalue weighted by molar-refractivity contribution is -0.113. The molecule has 42 heavy (non-hydrogen) atoms. The van der Waals surface area contributed by atoms with Crippen molar-refractivity contribution in [3.8, 4) is 5.75 Å². The molecule has 0 amide bonds. The van der Waals surface area contributed by atoms with Crippen LogP contribution in [0.2, 0.25) is 0 Å². The standard InChI is InChI=1S/C15H20.C12H16O.C10H18O.C3H6/c1-4-9-14(10-5-2)13(3)15-11-7-6-8-12-15;1-4-6-10-7-5-8-11(13)12(10)9(2)3;1-5-7-10(9(4)11)8(3)6-2;1-3-2/h4-5,7,9-13H,1,6,8H2,2-3H3;5,7-8,13H,2,4,6H2,1,3H3;5-7H2,1-4H3;3H,1H2,2H3/b10-5-,14-9+;;10-8+;. The summed E-state index contributed by atoms with van der Waals surface area (Å²) in [5, 5.41) is 9.63. The molecule has 1 aromatic rings. The van der Waals surface area contributed by atoms with E-state index in [1.807, 2.05) is 39.0 Å². The fraction of sp³-hybridized carbons (Fsp3) is 0.425. The highest BCUT2D eigenvalue weighted by Crippen LogP contribution is 2.28. The van der Waals surface area contributed by atoms with E-state index in [2.05, 4.69) is 90.8 Å². The van der Waals surface area contributed by atoms with E-state index in [4.69, 9.17) is 0 Å². The Labute approximate surface area is 259 Å². The quantitative estimate of drug-likeness (QED) is 0.163. The Morgan fingerprint density at radius 1 is 1.05 bits per heavy atom. The number of Topliss-reactive ketones (excluding diaryl/α,β-unsaturated/α-hetero) is 1. The zero-order chi connectivity index (χ0) is 32.5. The molecule has 232 valence electrons. The lowest BCUT2D eigenvalue weighted by atomic mass is 9.89. The van der Waals surface area contributed by atoms with Gasteiger partial charge in [0.2, 0.25) is 0 Å². The van der Waals surface area contributed by atoms with Crippen LogP contribution in [0.1, 0.15) is 112 Å². The van der Waals surface area contributed by atoms with Crippen LogP contribution >= 0.6 is 0 Å². The van der Waals surface area contributed by atoms with E-state index in [9.17, 15) is 9.90 Å². The third-order valence-electron chi connectivity index (χ3n) is 6.74. The molecule has 1 N–H and O–H groups in total. The van der Waals surface area contributed by atoms with Gasteiger partial charge in [0.05, 0.1) is 0 Å².